The molecule has 5 heteroatoms. The number of unbranched alkanes of at least 4 members (excludes halogenated alkanes) is 1. The van der Waals surface area contributed by atoms with Crippen molar-refractivity contribution >= 4 is 11.5 Å². The molecule has 1 aliphatic heterocycles. The van der Waals surface area contributed by atoms with Crippen molar-refractivity contribution in [3.05, 3.63) is 35.4 Å². The number of halogens is 2. The van der Waals surface area contributed by atoms with Crippen molar-refractivity contribution < 1.29 is 13.6 Å². The molecule has 104 valence electrons. The molecule has 2 rings (SSSR count). The van der Waals surface area contributed by atoms with Gasteiger partial charge in [0.25, 0.3) is 0 Å². The number of rotatable bonds is 2. The number of hydrogen-bond acceptors (Lipinski definition) is 3. The van der Waals surface area contributed by atoms with Crippen molar-refractivity contribution in [2.75, 3.05) is 6.54 Å². The normalized spacial score (nSPS) is 14.7. The average molecular weight is 276 g/mol. The van der Waals surface area contributed by atoms with E-state index in [4.69, 9.17) is 0 Å². The zero-order valence-corrected chi connectivity index (χ0v) is 11.1. The lowest BCUT2D eigenvalue weighted by Gasteiger charge is -2.19. The summed E-state index contributed by atoms with van der Waals surface area (Å²) in [5.41, 5.74) is 0.810. The van der Waals surface area contributed by atoms with Crippen molar-refractivity contribution in [3.63, 3.8) is 0 Å². The van der Waals surface area contributed by atoms with Gasteiger partial charge in [-0.15, -0.1) is 0 Å². The van der Waals surface area contributed by atoms with E-state index in [1.165, 1.54) is 11.1 Å². The minimum atomic E-state index is -0.952. The maximum absolute atomic E-state index is 13.2. The number of carbonyl (C=O) groups is 1. The van der Waals surface area contributed by atoms with Crippen LogP contribution in [0.3, 0.4) is 0 Å². The highest BCUT2D eigenvalue weighted by Crippen LogP contribution is 2.15. The number of Topliss-reactive ketones (excluding diaryl/α,β-unsaturated/α-hetero) is 1. The molecule has 0 N–H and O–H groups in total. The van der Waals surface area contributed by atoms with Crippen molar-refractivity contribution in [1.29, 1.82) is 0 Å². The van der Waals surface area contributed by atoms with Crippen LogP contribution in [0, 0.1) is 23.6 Å². The van der Waals surface area contributed by atoms with Crippen LogP contribution in [0.5, 0.6) is 0 Å². The number of ketones is 1. The predicted octanol–water partition coefficient (Wildman–Crippen LogP) is 2.70. The molecule has 3 nitrogen and oxygen atoms in total. The van der Waals surface area contributed by atoms with Crippen LogP contribution < -0.4 is 0 Å². The maximum Gasteiger partial charge on any atom is 0.161 e. The van der Waals surface area contributed by atoms with Crippen molar-refractivity contribution in [2.24, 2.45) is 5.10 Å². The first-order valence-electron chi connectivity index (χ1n) is 6.40. The Bertz CT molecular complexity index is 614. The summed E-state index contributed by atoms with van der Waals surface area (Å²) in [6.07, 6.45) is 1.76. The van der Waals surface area contributed by atoms with E-state index < -0.39 is 11.6 Å². The molecule has 0 amide bonds. The molecule has 0 unspecified atom stereocenters. The fourth-order valence-corrected chi connectivity index (χ4v) is 1.80. The molecule has 0 radical (unpaired) electrons. The van der Waals surface area contributed by atoms with E-state index in [2.05, 4.69) is 17.1 Å². The lowest BCUT2D eigenvalue weighted by Crippen LogP contribution is -2.30. The molecule has 0 aromatic heterocycles. The van der Waals surface area contributed by atoms with Crippen molar-refractivity contribution in [3.8, 4) is 12.0 Å². The molecule has 0 fully saturated rings. The van der Waals surface area contributed by atoms with Gasteiger partial charge in [0.1, 0.15) is 6.54 Å². The monoisotopic (exact) mass is 276 g/mol. The van der Waals surface area contributed by atoms with Crippen LogP contribution in [0.25, 0.3) is 0 Å². The van der Waals surface area contributed by atoms with Gasteiger partial charge in [0.2, 0.25) is 0 Å². The summed E-state index contributed by atoms with van der Waals surface area (Å²) in [6, 6.07) is 6.27. The fourth-order valence-electron chi connectivity index (χ4n) is 1.80. The third-order valence-corrected chi connectivity index (χ3v) is 2.77. The van der Waals surface area contributed by atoms with Gasteiger partial charge in [0.15, 0.2) is 17.4 Å². The van der Waals surface area contributed by atoms with E-state index in [1.807, 2.05) is 6.92 Å². The van der Waals surface area contributed by atoms with Crippen LogP contribution in [0.4, 0.5) is 8.78 Å². The molecule has 0 spiro atoms. The van der Waals surface area contributed by atoms with Gasteiger partial charge in [-0.1, -0.05) is 12.8 Å². The van der Waals surface area contributed by atoms with Crippen LogP contribution in [-0.2, 0) is 4.79 Å². The molecule has 0 saturated heterocycles. The number of hydrogen-bond donors (Lipinski definition) is 0. The second-order valence-corrected chi connectivity index (χ2v) is 4.49. The number of carbonyl (C=O) groups excluding carboxylic acids is 1. The molecule has 1 heterocycles. The molecule has 1 aliphatic rings. The summed E-state index contributed by atoms with van der Waals surface area (Å²) < 4.78 is 26.1. The van der Waals surface area contributed by atoms with E-state index >= 15 is 0 Å². The SMILES string of the molecule is CCCC#CN1CC(=O)CC(c2ccc(F)c(F)c2)=N1. The van der Waals surface area contributed by atoms with Crippen LogP contribution in [-0.4, -0.2) is 23.0 Å². The standard InChI is InChI=1S/C15H14F2N2O/c1-2-3-4-7-19-10-12(20)9-15(18-19)11-5-6-13(16)14(17)8-11/h5-6,8H,2-3,9-10H2,1H3. The van der Waals surface area contributed by atoms with Gasteiger partial charge in [0.05, 0.1) is 12.1 Å². The molecular formula is C15H14F2N2O. The second kappa shape index (κ2) is 6.29. The van der Waals surface area contributed by atoms with Crippen LogP contribution in [0.15, 0.2) is 23.3 Å². The van der Waals surface area contributed by atoms with Crippen LogP contribution in [0.1, 0.15) is 31.7 Å². The second-order valence-electron chi connectivity index (χ2n) is 4.49. The first-order chi connectivity index (χ1) is 9.60. The van der Waals surface area contributed by atoms with Gasteiger partial charge < -0.3 is 0 Å². The van der Waals surface area contributed by atoms with E-state index in [0.29, 0.717) is 11.3 Å². The first kappa shape index (κ1) is 14.2. The van der Waals surface area contributed by atoms with Gasteiger partial charge in [-0.25, -0.2) is 13.8 Å². The highest BCUT2D eigenvalue weighted by molar-refractivity contribution is 6.12. The molecule has 1 aromatic carbocycles. The van der Waals surface area contributed by atoms with Crippen molar-refractivity contribution in [2.45, 2.75) is 26.2 Å². The van der Waals surface area contributed by atoms with Crippen LogP contribution >= 0.6 is 0 Å². The third kappa shape index (κ3) is 3.41. The molecule has 0 atom stereocenters. The Hall–Kier alpha value is -2.22. The highest BCUT2D eigenvalue weighted by Gasteiger charge is 2.20. The average Bonchev–Trinajstić information content (AvgIpc) is 2.41. The molecule has 0 saturated carbocycles. The van der Waals surface area contributed by atoms with E-state index in [-0.39, 0.29) is 18.7 Å². The van der Waals surface area contributed by atoms with Crippen LogP contribution in [0.2, 0.25) is 0 Å². The molecule has 0 aliphatic carbocycles. The maximum atomic E-state index is 13.2. The van der Waals surface area contributed by atoms with Gasteiger partial charge in [-0.2, -0.15) is 5.10 Å². The van der Waals surface area contributed by atoms with Gasteiger partial charge in [0, 0.05) is 18.0 Å². The minimum absolute atomic E-state index is 0.0504. The Labute approximate surface area is 116 Å². The largest absolute Gasteiger partial charge is 0.297 e. The summed E-state index contributed by atoms with van der Waals surface area (Å²) in [6.45, 7) is 2.13. The first-order valence-corrected chi connectivity index (χ1v) is 6.40. The van der Waals surface area contributed by atoms with Crippen molar-refractivity contribution in [1.82, 2.24) is 5.01 Å². The predicted molar refractivity (Wildman–Crippen MR) is 71.9 cm³/mol. The Morgan fingerprint density at radius 1 is 1.35 bits per heavy atom. The van der Waals surface area contributed by atoms with E-state index in [1.54, 1.807) is 0 Å². The quantitative estimate of drug-likeness (QED) is 0.778. The summed E-state index contributed by atoms with van der Waals surface area (Å²) in [7, 11) is 0. The zero-order chi connectivity index (χ0) is 14.5. The lowest BCUT2D eigenvalue weighted by molar-refractivity contribution is -0.118. The molecule has 0 bridgehead atoms. The summed E-state index contributed by atoms with van der Waals surface area (Å²) in [5.74, 6) is 0.978. The fraction of sp³-hybridized carbons (Fsp3) is 0.333. The zero-order valence-electron chi connectivity index (χ0n) is 11.1. The summed E-state index contributed by atoms with van der Waals surface area (Å²) >= 11 is 0. The minimum Gasteiger partial charge on any atom is -0.297 e. The smallest absolute Gasteiger partial charge is 0.161 e. The molecular weight excluding hydrogens is 262 g/mol. The summed E-state index contributed by atoms with van der Waals surface area (Å²) in [4.78, 5) is 11.7. The Balaban J connectivity index is 2.27. The molecule has 1 aromatic rings. The number of hydrazone groups is 1. The van der Waals surface area contributed by atoms with E-state index in [0.717, 1.165) is 25.0 Å². The van der Waals surface area contributed by atoms with Gasteiger partial charge in [-0.05, 0) is 24.6 Å². The van der Waals surface area contributed by atoms with Gasteiger partial charge in [-0.3, -0.25) is 4.79 Å². The topological polar surface area (TPSA) is 32.7 Å². The summed E-state index contributed by atoms with van der Waals surface area (Å²) in [5, 5.41) is 5.57. The lowest BCUT2D eigenvalue weighted by atomic mass is 10.0. The highest BCUT2D eigenvalue weighted by atomic mass is 19.2. The third-order valence-electron chi connectivity index (χ3n) is 2.77. The molecule has 20 heavy (non-hydrogen) atoms. The Kier molecular flexibility index (Phi) is 4.46. The van der Waals surface area contributed by atoms with E-state index in [9.17, 15) is 13.6 Å². The number of benzene rings is 1. The Morgan fingerprint density at radius 2 is 2.15 bits per heavy atom. The van der Waals surface area contributed by atoms with Gasteiger partial charge >= 0.3 is 0 Å². The Morgan fingerprint density at radius 3 is 2.85 bits per heavy atom. The number of nitrogens with zero attached hydrogens (tertiary/aromatic N) is 2.